The van der Waals surface area contributed by atoms with Crippen LogP contribution >= 0.6 is 23.2 Å². The first-order chi connectivity index (χ1) is 11.8. The van der Waals surface area contributed by atoms with Crippen LogP contribution in [0, 0.1) is 0 Å². The topological polar surface area (TPSA) is 86.7 Å². The molecule has 1 fully saturated rings. The summed E-state index contributed by atoms with van der Waals surface area (Å²) in [5.74, 6) is -0.677. The number of phenolic OH excluding ortho intramolecular Hbond substituents is 1. The third-order valence-corrected chi connectivity index (χ3v) is 6.50. The summed E-state index contributed by atoms with van der Waals surface area (Å²) in [5, 5.41) is 12.8. The lowest BCUT2D eigenvalue weighted by molar-refractivity contribution is 0.102. The van der Waals surface area contributed by atoms with E-state index in [0.29, 0.717) is 18.7 Å². The summed E-state index contributed by atoms with van der Waals surface area (Å²) < 4.78 is 25.3. The molecule has 3 rings (SSSR count). The van der Waals surface area contributed by atoms with Gasteiger partial charge in [-0.05, 0) is 36.8 Å². The summed E-state index contributed by atoms with van der Waals surface area (Å²) in [6.07, 6.45) is 0.531. The summed E-state index contributed by atoms with van der Waals surface area (Å²) in [7, 11) is -3.36. The van der Waals surface area contributed by atoms with Crippen molar-refractivity contribution in [2.45, 2.75) is 6.42 Å². The minimum Gasteiger partial charge on any atom is -0.506 e. The Labute approximate surface area is 155 Å². The van der Waals surface area contributed by atoms with Gasteiger partial charge in [0.15, 0.2) is 0 Å². The number of phenols is 1. The molecular weight excluding hydrogens is 387 g/mol. The maximum atomic E-state index is 12.4. The van der Waals surface area contributed by atoms with Crippen LogP contribution in [0.2, 0.25) is 10.0 Å². The van der Waals surface area contributed by atoms with Gasteiger partial charge in [0.25, 0.3) is 5.91 Å². The first-order valence-corrected chi connectivity index (χ1v) is 9.75. The predicted molar refractivity (Wildman–Crippen MR) is 98.3 cm³/mol. The molecule has 0 aromatic heterocycles. The highest BCUT2D eigenvalue weighted by atomic mass is 35.5. The molecule has 0 spiro atoms. The standard InChI is InChI=1S/C16H14Cl2N2O4S/c17-12-4-1-3-11(15(12)18)16(22)19-13-9-10(5-6-14(13)21)20-7-2-8-25(20,23)24/h1,3-6,9,21H,2,7-8H2,(H,19,22). The Bertz CT molecular complexity index is 947. The van der Waals surface area contributed by atoms with Crippen molar-refractivity contribution in [3.8, 4) is 5.75 Å². The molecule has 9 heteroatoms. The first kappa shape index (κ1) is 17.8. The van der Waals surface area contributed by atoms with E-state index in [1.807, 2.05) is 0 Å². The van der Waals surface area contributed by atoms with E-state index in [1.165, 1.54) is 28.6 Å². The molecule has 0 bridgehead atoms. The van der Waals surface area contributed by atoms with E-state index >= 15 is 0 Å². The molecule has 1 aliphatic heterocycles. The van der Waals surface area contributed by atoms with Gasteiger partial charge in [0.05, 0.1) is 32.7 Å². The Hall–Kier alpha value is -1.96. The number of benzene rings is 2. The monoisotopic (exact) mass is 400 g/mol. The molecule has 1 heterocycles. The number of carbonyl (C=O) groups excluding carboxylic acids is 1. The smallest absolute Gasteiger partial charge is 0.257 e. The van der Waals surface area contributed by atoms with Crippen LogP contribution in [-0.2, 0) is 10.0 Å². The first-order valence-electron chi connectivity index (χ1n) is 7.38. The number of nitrogens with zero attached hydrogens (tertiary/aromatic N) is 1. The number of aromatic hydroxyl groups is 1. The van der Waals surface area contributed by atoms with E-state index in [0.717, 1.165) is 0 Å². The summed E-state index contributed by atoms with van der Waals surface area (Å²) in [6.45, 7) is 0.362. The quantitative estimate of drug-likeness (QED) is 0.771. The number of carbonyl (C=O) groups is 1. The van der Waals surface area contributed by atoms with Crippen LogP contribution in [0.4, 0.5) is 11.4 Å². The molecule has 0 unspecified atom stereocenters. The van der Waals surface area contributed by atoms with Crippen LogP contribution < -0.4 is 9.62 Å². The molecular formula is C16H14Cl2N2O4S. The van der Waals surface area contributed by atoms with Gasteiger partial charge in [0.1, 0.15) is 5.75 Å². The Morgan fingerprint density at radius 2 is 1.96 bits per heavy atom. The molecule has 1 aliphatic rings. The van der Waals surface area contributed by atoms with Gasteiger partial charge in [-0.3, -0.25) is 9.10 Å². The molecule has 25 heavy (non-hydrogen) atoms. The number of rotatable bonds is 3. The van der Waals surface area contributed by atoms with E-state index in [-0.39, 0.29) is 32.8 Å². The predicted octanol–water partition coefficient (Wildman–Crippen LogP) is 3.49. The largest absolute Gasteiger partial charge is 0.506 e. The van der Waals surface area contributed by atoms with Gasteiger partial charge in [-0.25, -0.2) is 8.42 Å². The number of hydrogen-bond acceptors (Lipinski definition) is 4. The summed E-state index contributed by atoms with van der Waals surface area (Å²) >= 11 is 11.9. The van der Waals surface area contributed by atoms with Crippen molar-refractivity contribution in [1.29, 1.82) is 0 Å². The minimum absolute atomic E-state index is 0.0771. The molecule has 1 saturated heterocycles. The van der Waals surface area contributed by atoms with Crippen LogP contribution in [-0.4, -0.2) is 31.7 Å². The Morgan fingerprint density at radius 1 is 1.20 bits per heavy atom. The van der Waals surface area contributed by atoms with Crippen molar-refractivity contribution in [2.75, 3.05) is 21.9 Å². The van der Waals surface area contributed by atoms with Gasteiger partial charge in [0.2, 0.25) is 10.0 Å². The molecule has 2 aromatic rings. The van der Waals surface area contributed by atoms with Crippen molar-refractivity contribution in [1.82, 2.24) is 0 Å². The highest BCUT2D eigenvalue weighted by Crippen LogP contribution is 2.33. The average Bonchev–Trinajstić information content (AvgIpc) is 2.91. The van der Waals surface area contributed by atoms with Crippen LogP contribution in [0.3, 0.4) is 0 Å². The lowest BCUT2D eigenvalue weighted by Crippen LogP contribution is -2.25. The maximum absolute atomic E-state index is 12.4. The molecule has 0 atom stereocenters. The fourth-order valence-corrected chi connectivity index (χ4v) is 4.52. The highest BCUT2D eigenvalue weighted by molar-refractivity contribution is 7.93. The van der Waals surface area contributed by atoms with Crippen LogP contribution in [0.25, 0.3) is 0 Å². The lowest BCUT2D eigenvalue weighted by atomic mass is 10.2. The number of halogens is 2. The van der Waals surface area contributed by atoms with E-state index in [1.54, 1.807) is 12.1 Å². The molecule has 2 aromatic carbocycles. The van der Waals surface area contributed by atoms with Crippen molar-refractivity contribution >= 4 is 50.5 Å². The average molecular weight is 401 g/mol. The zero-order chi connectivity index (χ0) is 18.2. The summed E-state index contributed by atoms with van der Waals surface area (Å²) in [4.78, 5) is 12.4. The van der Waals surface area contributed by atoms with Crippen LogP contribution in [0.15, 0.2) is 36.4 Å². The lowest BCUT2D eigenvalue weighted by Gasteiger charge is -2.18. The summed E-state index contributed by atoms with van der Waals surface area (Å²) in [6, 6.07) is 8.86. The van der Waals surface area contributed by atoms with Gasteiger partial charge in [-0.1, -0.05) is 29.3 Å². The number of sulfonamides is 1. The van der Waals surface area contributed by atoms with Gasteiger partial charge in [-0.2, -0.15) is 0 Å². The van der Waals surface area contributed by atoms with Crippen LogP contribution in [0.1, 0.15) is 16.8 Å². The Balaban J connectivity index is 1.91. The van der Waals surface area contributed by atoms with Crippen molar-refractivity contribution < 1.29 is 18.3 Å². The Morgan fingerprint density at radius 3 is 2.64 bits per heavy atom. The van der Waals surface area contributed by atoms with Crippen molar-refractivity contribution in [2.24, 2.45) is 0 Å². The van der Waals surface area contributed by atoms with E-state index < -0.39 is 15.9 Å². The van der Waals surface area contributed by atoms with E-state index in [2.05, 4.69) is 5.32 Å². The molecule has 132 valence electrons. The normalized spacial score (nSPS) is 16.0. The SMILES string of the molecule is O=C(Nc1cc(N2CCCS2(=O)=O)ccc1O)c1cccc(Cl)c1Cl. The number of nitrogens with one attached hydrogen (secondary N) is 1. The molecule has 6 nitrogen and oxygen atoms in total. The fraction of sp³-hybridized carbons (Fsp3) is 0.188. The maximum Gasteiger partial charge on any atom is 0.257 e. The highest BCUT2D eigenvalue weighted by Gasteiger charge is 2.29. The number of anilines is 2. The third-order valence-electron chi connectivity index (χ3n) is 3.81. The second kappa shape index (κ2) is 6.74. The molecule has 0 aliphatic carbocycles. The van der Waals surface area contributed by atoms with Crippen LogP contribution in [0.5, 0.6) is 5.75 Å². The van der Waals surface area contributed by atoms with Crippen molar-refractivity contribution in [3.63, 3.8) is 0 Å². The number of amides is 1. The van der Waals surface area contributed by atoms with E-state index in [9.17, 15) is 18.3 Å². The van der Waals surface area contributed by atoms with Gasteiger partial charge in [0, 0.05) is 6.54 Å². The van der Waals surface area contributed by atoms with Gasteiger partial charge >= 0.3 is 0 Å². The third kappa shape index (κ3) is 3.53. The second-order valence-electron chi connectivity index (χ2n) is 5.50. The summed E-state index contributed by atoms with van der Waals surface area (Å²) in [5.41, 5.74) is 0.608. The number of hydrogen-bond donors (Lipinski definition) is 2. The fourth-order valence-electron chi connectivity index (χ4n) is 2.58. The molecule has 2 N–H and O–H groups in total. The van der Waals surface area contributed by atoms with Gasteiger partial charge in [-0.15, -0.1) is 0 Å². The second-order valence-corrected chi connectivity index (χ2v) is 8.30. The molecule has 0 radical (unpaired) electrons. The molecule has 0 saturated carbocycles. The van der Waals surface area contributed by atoms with Gasteiger partial charge < -0.3 is 10.4 Å². The van der Waals surface area contributed by atoms with E-state index in [4.69, 9.17) is 23.2 Å². The van der Waals surface area contributed by atoms with Crippen molar-refractivity contribution in [3.05, 3.63) is 52.0 Å². The zero-order valence-corrected chi connectivity index (χ0v) is 15.2. The Kier molecular flexibility index (Phi) is 4.81. The molecule has 1 amide bonds. The minimum atomic E-state index is -3.36. The zero-order valence-electron chi connectivity index (χ0n) is 12.9.